The van der Waals surface area contributed by atoms with Gasteiger partial charge in [-0.1, -0.05) is 74.6 Å². The van der Waals surface area contributed by atoms with E-state index < -0.39 is 0 Å². The molecule has 2 rings (SSSR count). The summed E-state index contributed by atoms with van der Waals surface area (Å²) < 4.78 is 0. The molecule has 0 fully saturated rings. The van der Waals surface area contributed by atoms with Gasteiger partial charge in [-0.25, -0.2) is 0 Å². The summed E-state index contributed by atoms with van der Waals surface area (Å²) in [6.45, 7) is 6.69. The van der Waals surface area contributed by atoms with E-state index in [2.05, 4.69) is 81.5 Å². The largest absolute Gasteiger partial charge is 0.0908 e. The van der Waals surface area contributed by atoms with Gasteiger partial charge < -0.3 is 0 Å². The number of allylic oxidation sites excluding steroid dienone is 6. The van der Waals surface area contributed by atoms with Gasteiger partial charge >= 0.3 is 0 Å². The van der Waals surface area contributed by atoms with Crippen LogP contribution in [-0.4, -0.2) is 0 Å². The maximum absolute atomic E-state index is 2.31. The minimum Gasteiger partial charge on any atom is -0.0908 e. The van der Waals surface area contributed by atoms with E-state index in [0.29, 0.717) is 5.92 Å². The second-order valence-electron chi connectivity index (χ2n) is 4.93. The number of hydrogen-bond acceptors (Lipinski definition) is 0. The highest BCUT2D eigenvalue weighted by atomic mass is 14.3. The molecule has 0 heteroatoms. The van der Waals surface area contributed by atoms with Gasteiger partial charge in [0, 0.05) is 5.41 Å². The quantitative estimate of drug-likeness (QED) is 0.629. The molecule has 0 aliphatic heterocycles. The standard InChI is InChI=1S/C17H20/c1-4-12-17(3)13-8-11-16(14(17)2)15-9-6-5-7-10-15/h4-14H,1-3H3. The highest BCUT2D eigenvalue weighted by molar-refractivity contribution is 5.71. The van der Waals surface area contributed by atoms with E-state index in [1.54, 1.807) is 0 Å². The van der Waals surface area contributed by atoms with Gasteiger partial charge in [-0.3, -0.25) is 0 Å². The Morgan fingerprint density at radius 3 is 2.53 bits per heavy atom. The molecule has 0 bridgehead atoms. The Morgan fingerprint density at radius 2 is 1.88 bits per heavy atom. The van der Waals surface area contributed by atoms with Gasteiger partial charge in [-0.05, 0) is 24.0 Å². The van der Waals surface area contributed by atoms with Crippen LogP contribution < -0.4 is 0 Å². The lowest BCUT2D eigenvalue weighted by molar-refractivity contribution is 0.431. The maximum Gasteiger partial charge on any atom is 0.0102 e. The van der Waals surface area contributed by atoms with Crippen LogP contribution in [0.25, 0.3) is 5.57 Å². The molecule has 17 heavy (non-hydrogen) atoms. The van der Waals surface area contributed by atoms with E-state index in [4.69, 9.17) is 0 Å². The Bertz CT molecular complexity index is 462. The first-order chi connectivity index (χ1) is 8.17. The summed E-state index contributed by atoms with van der Waals surface area (Å²) in [4.78, 5) is 0. The van der Waals surface area contributed by atoms with Crippen molar-refractivity contribution in [1.82, 2.24) is 0 Å². The summed E-state index contributed by atoms with van der Waals surface area (Å²) in [5, 5.41) is 0. The summed E-state index contributed by atoms with van der Waals surface area (Å²) in [7, 11) is 0. The number of rotatable bonds is 2. The smallest absolute Gasteiger partial charge is 0.0102 e. The summed E-state index contributed by atoms with van der Waals surface area (Å²) in [6, 6.07) is 10.7. The van der Waals surface area contributed by atoms with Gasteiger partial charge in [0.05, 0.1) is 0 Å². The predicted molar refractivity (Wildman–Crippen MR) is 75.6 cm³/mol. The third kappa shape index (κ3) is 2.26. The lowest BCUT2D eigenvalue weighted by Gasteiger charge is -2.34. The molecule has 0 aromatic heterocycles. The summed E-state index contributed by atoms with van der Waals surface area (Å²) in [6.07, 6.45) is 11.2. The number of benzene rings is 1. The van der Waals surface area contributed by atoms with Crippen molar-refractivity contribution < 1.29 is 0 Å². The van der Waals surface area contributed by atoms with Gasteiger partial charge in [0.2, 0.25) is 0 Å². The van der Waals surface area contributed by atoms with Crippen LogP contribution in [0, 0.1) is 11.3 Å². The average molecular weight is 224 g/mol. The fourth-order valence-corrected chi connectivity index (χ4v) is 2.52. The van der Waals surface area contributed by atoms with Crippen LogP contribution >= 0.6 is 0 Å². The van der Waals surface area contributed by atoms with Crippen molar-refractivity contribution in [3.8, 4) is 0 Å². The van der Waals surface area contributed by atoms with Gasteiger partial charge in [-0.2, -0.15) is 0 Å². The first kappa shape index (κ1) is 11.9. The Morgan fingerprint density at radius 1 is 1.18 bits per heavy atom. The molecule has 0 amide bonds. The summed E-state index contributed by atoms with van der Waals surface area (Å²) >= 11 is 0. The van der Waals surface area contributed by atoms with E-state index in [1.165, 1.54) is 11.1 Å². The fraction of sp³-hybridized carbons (Fsp3) is 0.294. The van der Waals surface area contributed by atoms with Gasteiger partial charge in [-0.15, -0.1) is 0 Å². The highest BCUT2D eigenvalue weighted by Crippen LogP contribution is 2.42. The van der Waals surface area contributed by atoms with E-state index in [1.807, 2.05) is 0 Å². The summed E-state index contributed by atoms with van der Waals surface area (Å²) in [5.74, 6) is 0.506. The zero-order chi connectivity index (χ0) is 12.3. The van der Waals surface area contributed by atoms with E-state index in [0.717, 1.165) is 0 Å². The van der Waals surface area contributed by atoms with Crippen LogP contribution in [0.5, 0.6) is 0 Å². The zero-order valence-electron chi connectivity index (χ0n) is 10.9. The topological polar surface area (TPSA) is 0 Å². The SMILES string of the molecule is CC=CC1(C)C=CC=C(c2ccccc2)C1C. The maximum atomic E-state index is 2.31. The molecule has 0 N–H and O–H groups in total. The monoisotopic (exact) mass is 224 g/mol. The normalized spacial score (nSPS) is 28.4. The Balaban J connectivity index is 2.38. The van der Waals surface area contributed by atoms with Crippen LogP contribution in [-0.2, 0) is 0 Å². The van der Waals surface area contributed by atoms with Crippen molar-refractivity contribution in [2.45, 2.75) is 20.8 Å². The second kappa shape index (κ2) is 4.75. The number of hydrogen-bond donors (Lipinski definition) is 0. The fourth-order valence-electron chi connectivity index (χ4n) is 2.52. The Hall–Kier alpha value is -1.56. The molecule has 1 aromatic rings. The van der Waals surface area contributed by atoms with Gasteiger partial charge in [0.15, 0.2) is 0 Å². The van der Waals surface area contributed by atoms with Crippen molar-refractivity contribution in [3.05, 3.63) is 66.3 Å². The molecule has 1 aliphatic carbocycles. The minimum atomic E-state index is 0.134. The molecular formula is C17H20. The Labute approximate surface area is 104 Å². The molecule has 0 saturated carbocycles. The van der Waals surface area contributed by atoms with Crippen molar-refractivity contribution in [1.29, 1.82) is 0 Å². The van der Waals surface area contributed by atoms with E-state index >= 15 is 0 Å². The van der Waals surface area contributed by atoms with Crippen LogP contribution in [0.3, 0.4) is 0 Å². The molecule has 0 spiro atoms. The molecule has 1 aromatic carbocycles. The molecular weight excluding hydrogens is 204 g/mol. The third-order valence-electron chi connectivity index (χ3n) is 3.76. The molecule has 0 heterocycles. The molecule has 88 valence electrons. The first-order valence-corrected chi connectivity index (χ1v) is 6.26. The molecule has 0 nitrogen and oxygen atoms in total. The summed E-state index contributed by atoms with van der Waals surface area (Å²) in [5.41, 5.74) is 2.89. The minimum absolute atomic E-state index is 0.134. The molecule has 2 unspecified atom stereocenters. The van der Waals surface area contributed by atoms with E-state index in [9.17, 15) is 0 Å². The van der Waals surface area contributed by atoms with E-state index in [-0.39, 0.29) is 5.41 Å². The van der Waals surface area contributed by atoms with Gasteiger partial charge in [0.25, 0.3) is 0 Å². The van der Waals surface area contributed by atoms with Crippen LogP contribution in [0.15, 0.2) is 60.7 Å². The Kier molecular flexibility index (Phi) is 3.33. The van der Waals surface area contributed by atoms with Crippen LogP contribution in [0.2, 0.25) is 0 Å². The molecule has 0 radical (unpaired) electrons. The van der Waals surface area contributed by atoms with Crippen molar-refractivity contribution in [2.75, 3.05) is 0 Å². The van der Waals surface area contributed by atoms with Crippen molar-refractivity contribution in [3.63, 3.8) is 0 Å². The zero-order valence-corrected chi connectivity index (χ0v) is 10.9. The molecule has 0 saturated heterocycles. The second-order valence-corrected chi connectivity index (χ2v) is 4.93. The van der Waals surface area contributed by atoms with Gasteiger partial charge in [0.1, 0.15) is 0 Å². The lowest BCUT2D eigenvalue weighted by atomic mass is 9.70. The average Bonchev–Trinajstić information content (AvgIpc) is 2.34. The highest BCUT2D eigenvalue weighted by Gasteiger charge is 2.30. The predicted octanol–water partition coefficient (Wildman–Crippen LogP) is 4.86. The first-order valence-electron chi connectivity index (χ1n) is 6.26. The van der Waals surface area contributed by atoms with Crippen molar-refractivity contribution in [2.24, 2.45) is 11.3 Å². The molecule has 1 aliphatic rings. The molecule has 2 atom stereocenters. The lowest BCUT2D eigenvalue weighted by Crippen LogP contribution is -2.23. The van der Waals surface area contributed by atoms with Crippen LogP contribution in [0.1, 0.15) is 26.3 Å². The van der Waals surface area contributed by atoms with Crippen LogP contribution in [0.4, 0.5) is 0 Å². The third-order valence-corrected chi connectivity index (χ3v) is 3.76. The van der Waals surface area contributed by atoms with Crippen molar-refractivity contribution >= 4 is 5.57 Å².